The van der Waals surface area contributed by atoms with Crippen LogP contribution in [0.3, 0.4) is 0 Å². The summed E-state index contributed by atoms with van der Waals surface area (Å²) in [6.45, 7) is 0. The minimum Gasteiger partial charge on any atom is -0.390 e. The van der Waals surface area contributed by atoms with Crippen LogP contribution in [0.2, 0.25) is 0 Å². The second kappa shape index (κ2) is 8.39. The molecule has 0 spiro atoms. The Morgan fingerprint density at radius 1 is 0.727 bits per heavy atom. The molecule has 0 aromatic heterocycles. The molecule has 0 heterocycles. The summed E-state index contributed by atoms with van der Waals surface area (Å²) in [5.41, 5.74) is 0. The molecule has 2 nitrogen and oxygen atoms in total. The monoisotopic (exact) mass is 327 g/mol. The molecule has 0 aromatic carbocycles. The highest BCUT2D eigenvalue weighted by Crippen LogP contribution is 2.40. The van der Waals surface area contributed by atoms with Crippen LogP contribution in [0.4, 0.5) is 0 Å². The van der Waals surface area contributed by atoms with E-state index >= 15 is 0 Å². The van der Waals surface area contributed by atoms with Gasteiger partial charge in [-0.15, -0.1) is 0 Å². The quantitative estimate of drug-likeness (QED) is 0.784. The molecule has 22 heavy (non-hydrogen) atoms. The topological polar surface area (TPSA) is 29.5 Å². The normalized spacial score (nSPS) is 35.9. The molecular weight excluding hydrogens is 292 g/mol. The van der Waals surface area contributed by atoms with E-state index in [4.69, 9.17) is 4.74 Å². The summed E-state index contributed by atoms with van der Waals surface area (Å²) in [5, 5.41) is 13.0. The van der Waals surface area contributed by atoms with Crippen LogP contribution in [-0.2, 0) is 15.6 Å². The number of rotatable bonds is 4. The van der Waals surface area contributed by atoms with Gasteiger partial charge >= 0.3 is 0 Å². The second-order valence-electron chi connectivity index (χ2n) is 7.70. The van der Waals surface area contributed by atoms with Crippen LogP contribution in [0.5, 0.6) is 0 Å². The number of methoxy groups -OCH3 is 1. The maximum absolute atomic E-state index is 10.2. The lowest BCUT2D eigenvalue weighted by atomic mass is 9.94. The smallest absolute Gasteiger partial charge is 0.121 e. The predicted molar refractivity (Wildman–Crippen MR) is 95.6 cm³/mol. The molecule has 3 fully saturated rings. The van der Waals surface area contributed by atoms with Gasteiger partial charge in [-0.1, -0.05) is 12.8 Å². The van der Waals surface area contributed by atoms with Gasteiger partial charge in [0.1, 0.15) is 15.7 Å². The van der Waals surface area contributed by atoms with Crippen molar-refractivity contribution < 1.29 is 9.84 Å². The first-order chi connectivity index (χ1) is 10.8. The molecule has 3 aliphatic rings. The van der Waals surface area contributed by atoms with E-state index in [0.717, 1.165) is 28.6 Å². The van der Waals surface area contributed by atoms with Gasteiger partial charge in [-0.25, -0.2) is 0 Å². The third kappa shape index (κ3) is 4.02. The third-order valence-corrected chi connectivity index (χ3v) is 9.95. The number of aliphatic hydroxyl groups excluding tert-OH is 1. The second-order valence-corrected chi connectivity index (χ2v) is 10.5. The van der Waals surface area contributed by atoms with E-state index in [1.54, 1.807) is 7.11 Å². The molecule has 0 bridgehead atoms. The average molecular weight is 328 g/mol. The fourth-order valence-corrected chi connectivity index (χ4v) is 9.28. The van der Waals surface area contributed by atoms with Gasteiger partial charge in [0, 0.05) is 13.5 Å². The zero-order valence-electron chi connectivity index (χ0n) is 14.3. The molecule has 0 radical (unpaired) electrons. The van der Waals surface area contributed by atoms with Crippen LogP contribution in [0.25, 0.3) is 0 Å². The highest BCUT2D eigenvalue weighted by atomic mass is 32.2. The van der Waals surface area contributed by atoms with Crippen LogP contribution in [0.1, 0.15) is 83.5 Å². The molecule has 0 aromatic rings. The Hall–Kier alpha value is 0.270. The minimum absolute atomic E-state index is 0.0981. The summed E-state index contributed by atoms with van der Waals surface area (Å²) in [4.78, 5) is 0. The number of hydrogen-bond donors (Lipinski definition) is 1. The van der Waals surface area contributed by atoms with Crippen LogP contribution in [0, 0.1) is 0 Å². The van der Waals surface area contributed by atoms with E-state index in [-0.39, 0.29) is 12.2 Å². The van der Waals surface area contributed by atoms with Gasteiger partial charge in [-0.3, -0.25) is 0 Å². The molecule has 3 heteroatoms. The number of aliphatic hydroxyl groups is 1. The highest BCUT2D eigenvalue weighted by molar-refractivity contribution is 7.98. The fourth-order valence-electron chi connectivity index (χ4n) is 5.07. The van der Waals surface area contributed by atoms with E-state index in [0.29, 0.717) is 10.9 Å². The van der Waals surface area contributed by atoms with Crippen molar-refractivity contribution in [3.8, 4) is 0 Å². The minimum atomic E-state index is -0.218. The van der Waals surface area contributed by atoms with E-state index in [2.05, 4.69) is 0 Å². The summed E-state index contributed by atoms with van der Waals surface area (Å²) in [5.74, 6) is 0. The maximum Gasteiger partial charge on any atom is 0.121 e. The van der Waals surface area contributed by atoms with Gasteiger partial charge in [0.25, 0.3) is 0 Å². The molecular formula is C19H35O2S+. The summed E-state index contributed by atoms with van der Waals surface area (Å²) < 4.78 is 5.61. The van der Waals surface area contributed by atoms with Gasteiger partial charge in [0.15, 0.2) is 0 Å². The zero-order valence-corrected chi connectivity index (χ0v) is 15.2. The van der Waals surface area contributed by atoms with Crippen molar-refractivity contribution in [3.63, 3.8) is 0 Å². The summed E-state index contributed by atoms with van der Waals surface area (Å²) in [6.07, 6.45) is 17.9. The summed E-state index contributed by atoms with van der Waals surface area (Å²) in [6, 6.07) is 0. The van der Waals surface area contributed by atoms with Gasteiger partial charge in [-0.05, 0) is 75.1 Å². The molecule has 3 saturated carbocycles. The van der Waals surface area contributed by atoms with Gasteiger partial charge in [0.05, 0.1) is 12.2 Å². The number of hydrogen-bond acceptors (Lipinski definition) is 2. The van der Waals surface area contributed by atoms with Crippen molar-refractivity contribution in [3.05, 3.63) is 0 Å². The Bertz CT molecular complexity index is 305. The zero-order chi connectivity index (χ0) is 15.4. The first kappa shape index (κ1) is 17.1. The van der Waals surface area contributed by atoms with E-state index in [1.807, 2.05) is 0 Å². The Morgan fingerprint density at radius 2 is 1.27 bits per heavy atom. The average Bonchev–Trinajstić information content (AvgIpc) is 2.58. The molecule has 0 saturated heterocycles. The standard InChI is InChI=1S/C19H35O2S/c1-21-19-14-17(12-13-18(19)20)22(15-8-4-2-5-9-15)16-10-6-3-7-11-16/h15-20H,2-14H2,1H3/q+1. The summed E-state index contributed by atoms with van der Waals surface area (Å²) >= 11 is 0. The van der Waals surface area contributed by atoms with Crippen molar-refractivity contribution in [1.82, 2.24) is 0 Å². The molecule has 3 aliphatic carbocycles. The first-order valence-electron chi connectivity index (χ1n) is 9.71. The van der Waals surface area contributed by atoms with E-state index in [9.17, 15) is 5.11 Å². The van der Waals surface area contributed by atoms with Gasteiger partial charge < -0.3 is 9.84 Å². The van der Waals surface area contributed by atoms with Crippen molar-refractivity contribution in [2.24, 2.45) is 0 Å². The molecule has 128 valence electrons. The van der Waals surface area contributed by atoms with Crippen LogP contribution >= 0.6 is 0 Å². The first-order valence-corrected chi connectivity index (χ1v) is 11.1. The van der Waals surface area contributed by atoms with Crippen molar-refractivity contribution in [2.75, 3.05) is 7.11 Å². The molecule has 3 unspecified atom stereocenters. The van der Waals surface area contributed by atoms with Gasteiger partial charge in [-0.2, -0.15) is 0 Å². The maximum atomic E-state index is 10.2. The SMILES string of the molecule is COC1CC([S+](C2CCCCC2)C2CCCCC2)CCC1O. The highest BCUT2D eigenvalue weighted by Gasteiger charge is 2.48. The molecule has 0 aliphatic heterocycles. The largest absolute Gasteiger partial charge is 0.390 e. The van der Waals surface area contributed by atoms with Crippen molar-refractivity contribution >= 4 is 10.9 Å². The predicted octanol–water partition coefficient (Wildman–Crippen LogP) is 4.20. The summed E-state index contributed by atoms with van der Waals surface area (Å²) in [7, 11) is 2.38. The Balaban J connectivity index is 1.71. The lowest BCUT2D eigenvalue weighted by molar-refractivity contribution is -0.0346. The van der Waals surface area contributed by atoms with Crippen molar-refractivity contribution in [1.29, 1.82) is 0 Å². The number of ether oxygens (including phenoxy) is 1. The van der Waals surface area contributed by atoms with Gasteiger partial charge in [0.2, 0.25) is 0 Å². The van der Waals surface area contributed by atoms with Crippen molar-refractivity contribution in [2.45, 2.75) is 111 Å². The Kier molecular flexibility index (Phi) is 6.52. The molecule has 3 rings (SSSR count). The fraction of sp³-hybridized carbons (Fsp3) is 1.00. The Morgan fingerprint density at radius 3 is 1.77 bits per heavy atom. The third-order valence-electron chi connectivity index (χ3n) is 6.27. The van der Waals surface area contributed by atoms with Crippen LogP contribution in [-0.4, -0.2) is 40.2 Å². The molecule has 0 amide bonds. The molecule has 3 atom stereocenters. The Labute approximate surface area is 139 Å². The lowest BCUT2D eigenvalue weighted by Crippen LogP contribution is -2.48. The van der Waals surface area contributed by atoms with E-state index < -0.39 is 0 Å². The molecule has 1 N–H and O–H groups in total. The van der Waals surface area contributed by atoms with E-state index in [1.165, 1.54) is 70.6 Å². The van der Waals surface area contributed by atoms with Crippen LogP contribution in [0.15, 0.2) is 0 Å². The van der Waals surface area contributed by atoms with Crippen LogP contribution < -0.4 is 0 Å². The lowest BCUT2D eigenvalue weighted by Gasteiger charge is -2.39.